The number of anilines is 1. The topological polar surface area (TPSA) is 75.6 Å². The maximum absolute atomic E-state index is 13.3. The average Bonchev–Trinajstić information content (AvgIpc) is 3.34. The zero-order valence-corrected chi connectivity index (χ0v) is 17.6. The van der Waals surface area contributed by atoms with E-state index >= 15 is 0 Å². The van der Waals surface area contributed by atoms with Crippen LogP contribution in [0.15, 0.2) is 38.0 Å². The lowest BCUT2D eigenvalue weighted by Crippen LogP contribution is -2.23. The van der Waals surface area contributed by atoms with Gasteiger partial charge in [-0.1, -0.05) is 22.0 Å². The van der Waals surface area contributed by atoms with Crippen LogP contribution in [0.3, 0.4) is 0 Å². The van der Waals surface area contributed by atoms with Gasteiger partial charge in [-0.2, -0.15) is 4.36 Å². The highest BCUT2D eigenvalue weighted by Gasteiger charge is 2.32. The number of fused-ring (bicyclic) bond motifs is 3. The molecule has 7 heteroatoms. The van der Waals surface area contributed by atoms with Crippen LogP contribution in [0.25, 0.3) is 0 Å². The predicted molar refractivity (Wildman–Crippen MR) is 111 cm³/mol. The molecule has 5 rings (SSSR count). The zero-order chi connectivity index (χ0) is 19.5. The van der Waals surface area contributed by atoms with Crippen LogP contribution in [0.4, 0.5) is 5.69 Å². The van der Waals surface area contributed by atoms with Crippen molar-refractivity contribution in [1.82, 2.24) is 0 Å². The van der Waals surface area contributed by atoms with Gasteiger partial charge in [-0.3, -0.25) is 9.59 Å². The summed E-state index contributed by atoms with van der Waals surface area (Å²) in [5, 5.41) is 3.05. The number of halogens is 1. The van der Waals surface area contributed by atoms with Gasteiger partial charge in [0.25, 0.3) is 5.91 Å². The van der Waals surface area contributed by atoms with Crippen molar-refractivity contribution in [3.63, 3.8) is 0 Å². The van der Waals surface area contributed by atoms with Gasteiger partial charge in [-0.15, -0.1) is 0 Å². The number of rotatable bonds is 3. The van der Waals surface area contributed by atoms with Gasteiger partial charge in [0.2, 0.25) is 5.91 Å². The van der Waals surface area contributed by atoms with Crippen LogP contribution in [0, 0.1) is 0 Å². The van der Waals surface area contributed by atoms with Crippen LogP contribution < -0.4 is 5.32 Å². The largest absolute Gasteiger partial charge is 0.325 e. The van der Waals surface area contributed by atoms with E-state index in [9.17, 15) is 13.8 Å². The Hall–Kier alpha value is -1.99. The number of nitrogens with zero attached hydrogens (tertiary/aromatic N) is 1. The molecule has 1 N–H and O–H groups in total. The van der Waals surface area contributed by atoms with Gasteiger partial charge in [0, 0.05) is 10.2 Å². The Morgan fingerprint density at radius 1 is 1.07 bits per heavy atom. The Morgan fingerprint density at radius 2 is 1.75 bits per heavy atom. The van der Waals surface area contributed by atoms with Gasteiger partial charge in [-0.25, -0.2) is 4.21 Å². The quantitative estimate of drug-likeness (QED) is 0.753. The maximum Gasteiger partial charge on any atom is 0.286 e. The molecule has 5 nitrogen and oxygen atoms in total. The Balaban J connectivity index is 1.47. The minimum atomic E-state index is -3.08. The first-order chi connectivity index (χ1) is 13.4. The molecule has 0 saturated heterocycles. The highest BCUT2D eigenvalue weighted by molar-refractivity contribution is 9.10. The number of carbonyl (C=O) groups is 2. The van der Waals surface area contributed by atoms with E-state index in [0.717, 1.165) is 48.7 Å². The molecule has 0 radical (unpaired) electrons. The normalized spacial score (nSPS) is 21.8. The molecule has 144 valence electrons. The molecule has 0 spiro atoms. The summed E-state index contributed by atoms with van der Waals surface area (Å²) in [6.45, 7) is 0. The summed E-state index contributed by atoms with van der Waals surface area (Å²) in [6.07, 6.45) is 6.23. The van der Waals surface area contributed by atoms with E-state index in [-0.39, 0.29) is 11.7 Å². The molecule has 0 aromatic heterocycles. The third kappa shape index (κ3) is 2.83. The van der Waals surface area contributed by atoms with Crippen molar-refractivity contribution in [1.29, 1.82) is 0 Å². The van der Waals surface area contributed by atoms with E-state index < -0.39 is 15.6 Å². The fourth-order valence-corrected chi connectivity index (χ4v) is 6.85. The van der Waals surface area contributed by atoms with Crippen LogP contribution >= 0.6 is 15.9 Å². The highest BCUT2D eigenvalue weighted by Crippen LogP contribution is 2.39. The van der Waals surface area contributed by atoms with Gasteiger partial charge in [0.1, 0.15) is 5.75 Å². The molecule has 28 heavy (non-hydrogen) atoms. The molecule has 0 bridgehead atoms. The van der Waals surface area contributed by atoms with Gasteiger partial charge in [0.05, 0.1) is 20.2 Å². The standard InChI is InChI=1S/C21H19BrN2O3S/c22-14-7-8-18-17(10-14)21(26)24-28(18,27)11-19(25)23-20-15-5-1-3-12(15)9-13-4-2-6-16(13)20/h7-10H,1-6,11H2,(H,23,25). The molecular weight excluding hydrogens is 440 g/mol. The molecule has 3 aliphatic rings. The second-order valence-electron chi connectivity index (χ2n) is 7.60. The summed E-state index contributed by atoms with van der Waals surface area (Å²) in [4.78, 5) is 25.4. The Labute approximate surface area is 172 Å². The Kier molecular flexibility index (Phi) is 4.21. The first-order valence-electron chi connectivity index (χ1n) is 9.50. The molecule has 2 amide bonds. The molecule has 1 heterocycles. The fraction of sp³-hybridized carbons (Fsp3) is 0.333. The molecule has 1 atom stereocenters. The smallest absolute Gasteiger partial charge is 0.286 e. The monoisotopic (exact) mass is 458 g/mol. The first kappa shape index (κ1) is 18.1. The predicted octanol–water partition coefficient (Wildman–Crippen LogP) is 4.05. The first-order valence-corrected chi connectivity index (χ1v) is 12.0. The van der Waals surface area contributed by atoms with Crippen LogP contribution in [0.2, 0.25) is 0 Å². The molecule has 2 aromatic rings. The summed E-state index contributed by atoms with van der Waals surface area (Å²) >= 11 is 3.32. The number of nitrogens with one attached hydrogen (secondary N) is 1. The third-order valence-corrected chi connectivity index (χ3v) is 8.46. The van der Waals surface area contributed by atoms with E-state index in [4.69, 9.17) is 0 Å². The van der Waals surface area contributed by atoms with Gasteiger partial charge < -0.3 is 5.32 Å². The van der Waals surface area contributed by atoms with E-state index in [1.807, 2.05) is 0 Å². The summed E-state index contributed by atoms with van der Waals surface area (Å²) in [6, 6.07) is 7.27. The molecule has 0 saturated carbocycles. The fourth-order valence-electron chi connectivity index (χ4n) is 4.61. The molecule has 2 aliphatic carbocycles. The van der Waals surface area contributed by atoms with Crippen molar-refractivity contribution >= 4 is 43.2 Å². The summed E-state index contributed by atoms with van der Waals surface area (Å²) < 4.78 is 17.9. The lowest BCUT2D eigenvalue weighted by atomic mass is 9.98. The van der Waals surface area contributed by atoms with E-state index in [2.05, 4.69) is 31.7 Å². The Bertz CT molecular complexity index is 1150. The molecule has 2 aromatic carbocycles. The van der Waals surface area contributed by atoms with Gasteiger partial charge in [0.15, 0.2) is 0 Å². The highest BCUT2D eigenvalue weighted by atomic mass is 79.9. The minimum Gasteiger partial charge on any atom is -0.325 e. The summed E-state index contributed by atoms with van der Waals surface area (Å²) in [7, 11) is -3.08. The second kappa shape index (κ2) is 6.52. The van der Waals surface area contributed by atoms with Gasteiger partial charge in [-0.05, 0) is 79.0 Å². The van der Waals surface area contributed by atoms with Crippen molar-refractivity contribution < 1.29 is 13.8 Å². The number of hydrogen-bond donors (Lipinski definition) is 1. The number of benzene rings is 2. The lowest BCUT2D eigenvalue weighted by Gasteiger charge is -2.16. The minimum absolute atomic E-state index is 0.300. The van der Waals surface area contributed by atoms with Crippen LogP contribution in [0.1, 0.15) is 45.5 Å². The van der Waals surface area contributed by atoms with E-state index in [1.54, 1.807) is 18.2 Å². The van der Waals surface area contributed by atoms with Crippen LogP contribution in [-0.4, -0.2) is 21.8 Å². The van der Waals surface area contributed by atoms with E-state index in [0.29, 0.717) is 10.5 Å². The number of carbonyl (C=O) groups excluding carboxylic acids is 2. The molecule has 1 aliphatic heterocycles. The summed E-state index contributed by atoms with van der Waals surface area (Å²) in [5.41, 5.74) is 6.36. The average molecular weight is 459 g/mol. The molecule has 0 fully saturated rings. The SMILES string of the molecule is O=C(CS1(=O)=NC(=O)c2cc(Br)ccc21)Nc1c2c(cc3c1CCC3)CCC2. The zero-order valence-electron chi connectivity index (χ0n) is 15.2. The molecular formula is C21H19BrN2O3S. The van der Waals surface area contributed by atoms with Crippen molar-refractivity contribution in [2.45, 2.75) is 43.4 Å². The molecule has 1 unspecified atom stereocenters. The van der Waals surface area contributed by atoms with Crippen molar-refractivity contribution in [3.8, 4) is 0 Å². The second-order valence-corrected chi connectivity index (χ2v) is 10.7. The van der Waals surface area contributed by atoms with Crippen molar-refractivity contribution in [2.75, 3.05) is 11.1 Å². The summed E-state index contributed by atoms with van der Waals surface area (Å²) in [5.74, 6) is -1.16. The lowest BCUT2D eigenvalue weighted by molar-refractivity contribution is -0.113. The number of hydrogen-bond acceptors (Lipinski definition) is 3. The van der Waals surface area contributed by atoms with Gasteiger partial charge >= 0.3 is 0 Å². The number of aryl methyl sites for hydroxylation is 2. The van der Waals surface area contributed by atoms with Crippen molar-refractivity contribution in [3.05, 3.63) is 56.6 Å². The van der Waals surface area contributed by atoms with Crippen LogP contribution in [-0.2, 0) is 40.2 Å². The maximum atomic E-state index is 13.3. The Morgan fingerprint density at radius 3 is 2.43 bits per heavy atom. The van der Waals surface area contributed by atoms with Crippen LogP contribution in [0.5, 0.6) is 0 Å². The van der Waals surface area contributed by atoms with Crippen molar-refractivity contribution in [2.24, 2.45) is 4.36 Å². The van der Waals surface area contributed by atoms with E-state index in [1.165, 1.54) is 22.3 Å². The number of amides is 2. The third-order valence-electron chi connectivity index (χ3n) is 5.81.